The number of aliphatic hydroxyl groups is 1. The number of fused-ring (bicyclic) bond motifs is 1. The summed E-state index contributed by atoms with van der Waals surface area (Å²) >= 11 is 0. The van der Waals surface area contributed by atoms with E-state index in [0.29, 0.717) is 6.26 Å². The van der Waals surface area contributed by atoms with Gasteiger partial charge < -0.3 is 14.3 Å². The monoisotopic (exact) mass is 318 g/mol. The smallest absolute Gasteiger partial charge is 0.421 e. The Morgan fingerprint density at radius 2 is 2.14 bits per heavy atom. The summed E-state index contributed by atoms with van der Waals surface area (Å²) in [7, 11) is 0. The predicted molar refractivity (Wildman–Crippen MR) is 67.6 cm³/mol. The molecule has 0 amide bonds. The van der Waals surface area contributed by atoms with Crippen molar-refractivity contribution in [3.05, 3.63) is 34.5 Å². The Balaban J connectivity index is 2.70. The fraction of sp³-hybridized carbons (Fsp3) is 0.429. The van der Waals surface area contributed by atoms with Crippen molar-refractivity contribution in [1.82, 2.24) is 0 Å². The van der Waals surface area contributed by atoms with Crippen molar-refractivity contribution in [3.63, 3.8) is 0 Å². The molecule has 120 valence electrons. The first-order valence-electron chi connectivity index (χ1n) is 6.51. The minimum atomic E-state index is -4.96. The first-order valence-corrected chi connectivity index (χ1v) is 6.51. The van der Waals surface area contributed by atoms with E-state index in [1.165, 1.54) is 6.92 Å². The topological polar surface area (TPSA) is 76.7 Å². The molecule has 1 heterocycles. The van der Waals surface area contributed by atoms with Gasteiger partial charge in [0, 0.05) is 12.0 Å². The lowest BCUT2D eigenvalue weighted by atomic mass is 9.82. The average Bonchev–Trinajstić information content (AvgIpc) is 2.79. The Labute approximate surface area is 123 Å². The maximum atomic E-state index is 13.3. The van der Waals surface area contributed by atoms with Gasteiger partial charge in [-0.25, -0.2) is 4.79 Å². The van der Waals surface area contributed by atoms with E-state index in [1.54, 1.807) is 6.92 Å². The maximum absolute atomic E-state index is 13.3. The van der Waals surface area contributed by atoms with E-state index in [0.717, 1.165) is 0 Å². The highest BCUT2D eigenvalue weighted by Crippen LogP contribution is 2.43. The average molecular weight is 318 g/mol. The summed E-state index contributed by atoms with van der Waals surface area (Å²) in [4.78, 5) is 23.9. The Morgan fingerprint density at radius 3 is 2.64 bits per heavy atom. The van der Waals surface area contributed by atoms with E-state index in [1.807, 2.05) is 0 Å². The molecular weight excluding hydrogens is 305 g/mol. The second-order valence-electron chi connectivity index (χ2n) is 4.84. The lowest BCUT2D eigenvalue weighted by Gasteiger charge is -2.19. The van der Waals surface area contributed by atoms with Crippen LogP contribution in [0.5, 0.6) is 0 Å². The van der Waals surface area contributed by atoms with E-state index in [2.05, 4.69) is 4.74 Å². The minimum Gasteiger partial charge on any atom is -0.515 e. The molecule has 8 heteroatoms. The molecule has 0 radical (unpaired) electrons. The largest absolute Gasteiger partial charge is 0.515 e. The summed E-state index contributed by atoms with van der Waals surface area (Å²) < 4.78 is 49.3. The highest BCUT2D eigenvalue weighted by molar-refractivity contribution is 6.13. The number of furan rings is 1. The Morgan fingerprint density at radius 1 is 1.50 bits per heavy atom. The number of alkyl halides is 3. The van der Waals surface area contributed by atoms with Crippen LogP contribution < -0.4 is 0 Å². The minimum absolute atomic E-state index is 0.0318. The van der Waals surface area contributed by atoms with Gasteiger partial charge in [-0.3, -0.25) is 4.79 Å². The maximum Gasteiger partial charge on any atom is 0.421 e. The summed E-state index contributed by atoms with van der Waals surface area (Å²) in [5, 5.41) is 9.06. The van der Waals surface area contributed by atoms with E-state index >= 15 is 0 Å². The molecule has 2 rings (SSSR count). The predicted octanol–water partition coefficient (Wildman–Crippen LogP) is 3.29. The van der Waals surface area contributed by atoms with Crippen LogP contribution in [0.25, 0.3) is 0 Å². The van der Waals surface area contributed by atoms with Crippen LogP contribution in [0, 0.1) is 5.92 Å². The number of aliphatic hydroxyl groups excluding tert-OH is 1. The molecule has 1 N–H and O–H groups in total. The molecule has 0 saturated carbocycles. The molecule has 0 saturated heterocycles. The fourth-order valence-corrected chi connectivity index (χ4v) is 2.41. The summed E-state index contributed by atoms with van der Waals surface area (Å²) in [6.45, 7) is 2.87. The number of hydrogen-bond acceptors (Lipinski definition) is 5. The number of halogens is 3. The van der Waals surface area contributed by atoms with Gasteiger partial charge in [0.15, 0.2) is 5.78 Å². The number of esters is 1. The normalized spacial score (nSPS) is 20.1. The number of ether oxygens (including phenoxy) is 1. The standard InChI is InChI=1S/C14H13F3O5/c1-3-21-13(20)12-10(14(15,16)17)9-8(22-12)4-6(2)7(5-18)11(9)19/h5-6,18H,3-4H2,1-2H3. The summed E-state index contributed by atoms with van der Waals surface area (Å²) in [6.07, 6.45) is -4.50. The van der Waals surface area contributed by atoms with Crippen molar-refractivity contribution in [1.29, 1.82) is 0 Å². The van der Waals surface area contributed by atoms with Crippen molar-refractivity contribution in [3.8, 4) is 0 Å². The Kier molecular flexibility index (Phi) is 4.04. The van der Waals surface area contributed by atoms with Crippen LogP contribution in [0.2, 0.25) is 0 Å². The van der Waals surface area contributed by atoms with Crippen molar-refractivity contribution in [2.45, 2.75) is 26.4 Å². The first kappa shape index (κ1) is 16.1. The number of carbonyl (C=O) groups excluding carboxylic acids is 2. The number of allylic oxidation sites excluding steroid dienone is 1. The van der Waals surface area contributed by atoms with Crippen molar-refractivity contribution < 1.29 is 37.0 Å². The lowest BCUT2D eigenvalue weighted by Crippen LogP contribution is -2.24. The van der Waals surface area contributed by atoms with Crippen LogP contribution in [0.4, 0.5) is 13.2 Å². The molecule has 1 aromatic heterocycles. The molecule has 1 aliphatic rings. The fourth-order valence-electron chi connectivity index (χ4n) is 2.41. The zero-order valence-corrected chi connectivity index (χ0v) is 11.8. The number of ketones is 1. The number of carbonyl (C=O) groups is 2. The van der Waals surface area contributed by atoms with Gasteiger partial charge in [0.1, 0.15) is 11.3 Å². The molecular formula is C14H13F3O5. The van der Waals surface area contributed by atoms with Crippen LogP contribution in [0.3, 0.4) is 0 Å². The van der Waals surface area contributed by atoms with Gasteiger partial charge in [-0.05, 0) is 12.8 Å². The molecule has 0 aromatic carbocycles. The van der Waals surface area contributed by atoms with Gasteiger partial charge in [0.25, 0.3) is 0 Å². The highest BCUT2D eigenvalue weighted by Gasteiger charge is 2.47. The van der Waals surface area contributed by atoms with Crippen LogP contribution in [-0.4, -0.2) is 23.5 Å². The van der Waals surface area contributed by atoms with E-state index in [4.69, 9.17) is 9.52 Å². The molecule has 1 aromatic rings. The van der Waals surface area contributed by atoms with Crippen molar-refractivity contribution >= 4 is 11.8 Å². The summed E-state index contributed by atoms with van der Waals surface area (Å²) in [5.41, 5.74) is -2.33. The second kappa shape index (κ2) is 5.51. The van der Waals surface area contributed by atoms with E-state index in [9.17, 15) is 22.8 Å². The van der Waals surface area contributed by atoms with Crippen LogP contribution >= 0.6 is 0 Å². The third-order valence-electron chi connectivity index (χ3n) is 3.38. The number of Topliss-reactive ketones (excluding diaryl/α,β-unsaturated/α-hetero) is 1. The van der Waals surface area contributed by atoms with Gasteiger partial charge in [0.05, 0.1) is 18.4 Å². The summed E-state index contributed by atoms with van der Waals surface area (Å²) in [6, 6.07) is 0. The molecule has 22 heavy (non-hydrogen) atoms. The van der Waals surface area contributed by atoms with E-state index in [-0.39, 0.29) is 24.4 Å². The quantitative estimate of drug-likeness (QED) is 0.514. The molecule has 1 atom stereocenters. The van der Waals surface area contributed by atoms with Crippen molar-refractivity contribution in [2.75, 3.05) is 6.61 Å². The lowest BCUT2D eigenvalue weighted by molar-refractivity contribution is -0.138. The first-order chi connectivity index (χ1) is 10.2. The Hall–Kier alpha value is -2.25. The second-order valence-corrected chi connectivity index (χ2v) is 4.84. The van der Waals surface area contributed by atoms with Crippen LogP contribution in [0.15, 0.2) is 16.3 Å². The van der Waals surface area contributed by atoms with Gasteiger partial charge in [-0.2, -0.15) is 13.2 Å². The third-order valence-corrected chi connectivity index (χ3v) is 3.38. The molecule has 0 fully saturated rings. The molecule has 0 bridgehead atoms. The van der Waals surface area contributed by atoms with Gasteiger partial charge in [0.2, 0.25) is 5.76 Å². The molecule has 0 aliphatic heterocycles. The van der Waals surface area contributed by atoms with Gasteiger partial charge in [-0.15, -0.1) is 0 Å². The van der Waals surface area contributed by atoms with Crippen molar-refractivity contribution in [2.24, 2.45) is 5.92 Å². The van der Waals surface area contributed by atoms with E-state index < -0.39 is 40.7 Å². The van der Waals surface area contributed by atoms with Crippen LogP contribution in [0.1, 0.15) is 46.1 Å². The molecule has 1 aliphatic carbocycles. The van der Waals surface area contributed by atoms with Crippen LogP contribution in [-0.2, 0) is 17.3 Å². The molecule has 0 spiro atoms. The molecule has 1 unspecified atom stereocenters. The highest BCUT2D eigenvalue weighted by atomic mass is 19.4. The zero-order valence-electron chi connectivity index (χ0n) is 11.8. The Bertz CT molecular complexity index is 654. The number of hydrogen-bond donors (Lipinski definition) is 1. The third kappa shape index (κ3) is 2.49. The number of rotatable bonds is 2. The van der Waals surface area contributed by atoms with Gasteiger partial charge in [-0.1, -0.05) is 6.92 Å². The molecule has 5 nitrogen and oxygen atoms in total. The summed E-state index contributed by atoms with van der Waals surface area (Å²) in [5.74, 6) is -4.05. The van der Waals surface area contributed by atoms with Gasteiger partial charge >= 0.3 is 12.1 Å². The zero-order chi connectivity index (χ0) is 16.7. The SMILES string of the molecule is CCOC(=O)c1oc2c(c1C(F)(F)F)C(=O)C(=CO)C(C)C2.